The summed E-state index contributed by atoms with van der Waals surface area (Å²) in [6.45, 7) is 0.603. The molecule has 8 heteroatoms. The maximum absolute atomic E-state index is 14.3. The lowest BCUT2D eigenvalue weighted by Crippen LogP contribution is -2.18. The van der Waals surface area contributed by atoms with Crippen LogP contribution in [0.15, 0.2) is 42.7 Å². The van der Waals surface area contributed by atoms with E-state index in [1.807, 2.05) is 36.4 Å². The standard InChI is InChI=1S/C21H21FN6O/c1-27-11-13-5-2-7-15(19(13)21(27)29)24-18-10-4-8-16(25-18)20-26-23-12-28(20)17-9-3-6-14(17)22/h2,4-5,7-8,10,12,14,17H,3,6,9,11H2,1H3,(H,24,25). The number of hydrogen-bond donors (Lipinski definition) is 1. The fourth-order valence-corrected chi connectivity index (χ4v) is 4.25. The van der Waals surface area contributed by atoms with E-state index in [0.29, 0.717) is 35.9 Å². The Kier molecular flexibility index (Phi) is 4.26. The molecule has 1 aromatic carbocycles. The van der Waals surface area contributed by atoms with E-state index < -0.39 is 6.17 Å². The summed E-state index contributed by atoms with van der Waals surface area (Å²) in [6.07, 6.45) is 2.90. The first-order valence-corrected chi connectivity index (χ1v) is 9.77. The monoisotopic (exact) mass is 392 g/mol. The number of anilines is 2. The fourth-order valence-electron chi connectivity index (χ4n) is 4.25. The summed E-state index contributed by atoms with van der Waals surface area (Å²) in [4.78, 5) is 18.8. The van der Waals surface area contributed by atoms with E-state index in [2.05, 4.69) is 20.5 Å². The van der Waals surface area contributed by atoms with E-state index in [9.17, 15) is 9.18 Å². The molecule has 2 atom stereocenters. The lowest BCUT2D eigenvalue weighted by atomic mass is 10.1. The zero-order chi connectivity index (χ0) is 20.0. The number of halogens is 1. The van der Waals surface area contributed by atoms with E-state index in [-0.39, 0.29) is 11.9 Å². The van der Waals surface area contributed by atoms with E-state index in [4.69, 9.17) is 0 Å². The van der Waals surface area contributed by atoms with E-state index >= 15 is 0 Å². The van der Waals surface area contributed by atoms with Crippen molar-refractivity contribution in [1.82, 2.24) is 24.6 Å². The van der Waals surface area contributed by atoms with Crippen LogP contribution in [0.25, 0.3) is 11.5 Å². The van der Waals surface area contributed by atoms with Gasteiger partial charge in [0.15, 0.2) is 5.82 Å². The third kappa shape index (κ3) is 3.04. The molecule has 1 aliphatic heterocycles. The highest BCUT2D eigenvalue weighted by molar-refractivity contribution is 6.03. The Morgan fingerprint density at radius 2 is 2.03 bits per heavy atom. The molecule has 0 saturated heterocycles. The molecule has 148 valence electrons. The number of nitrogens with zero attached hydrogens (tertiary/aromatic N) is 5. The van der Waals surface area contributed by atoms with Gasteiger partial charge in [-0.15, -0.1) is 10.2 Å². The number of rotatable bonds is 4. The zero-order valence-electron chi connectivity index (χ0n) is 16.0. The topological polar surface area (TPSA) is 75.9 Å². The van der Waals surface area contributed by atoms with Crippen LogP contribution in [0.2, 0.25) is 0 Å². The van der Waals surface area contributed by atoms with Gasteiger partial charge in [-0.25, -0.2) is 9.37 Å². The van der Waals surface area contributed by atoms with Crippen molar-refractivity contribution in [3.8, 4) is 11.5 Å². The lowest BCUT2D eigenvalue weighted by molar-refractivity contribution is 0.0817. The number of fused-ring (bicyclic) bond motifs is 1. The van der Waals surface area contributed by atoms with Gasteiger partial charge >= 0.3 is 0 Å². The highest BCUT2D eigenvalue weighted by atomic mass is 19.1. The minimum Gasteiger partial charge on any atom is -0.340 e. The average molecular weight is 392 g/mol. The molecule has 2 unspecified atom stereocenters. The molecule has 3 heterocycles. The molecule has 5 rings (SSSR count). The molecule has 1 amide bonds. The smallest absolute Gasteiger partial charge is 0.256 e. The molecule has 1 aliphatic carbocycles. The van der Waals surface area contributed by atoms with Gasteiger partial charge in [-0.2, -0.15) is 0 Å². The van der Waals surface area contributed by atoms with Crippen LogP contribution in [0.1, 0.15) is 41.2 Å². The number of nitrogens with one attached hydrogen (secondary N) is 1. The van der Waals surface area contributed by atoms with Gasteiger partial charge in [0.25, 0.3) is 5.91 Å². The minimum atomic E-state index is -0.888. The van der Waals surface area contributed by atoms with Crippen molar-refractivity contribution in [2.45, 2.75) is 38.0 Å². The predicted octanol–water partition coefficient (Wildman–Crippen LogP) is 3.73. The van der Waals surface area contributed by atoms with Crippen LogP contribution in [0.3, 0.4) is 0 Å². The fraction of sp³-hybridized carbons (Fsp3) is 0.333. The molecule has 2 aliphatic rings. The van der Waals surface area contributed by atoms with Crippen LogP contribution in [-0.2, 0) is 6.54 Å². The van der Waals surface area contributed by atoms with Crippen molar-refractivity contribution < 1.29 is 9.18 Å². The molecular weight excluding hydrogens is 371 g/mol. The van der Waals surface area contributed by atoms with Gasteiger partial charge < -0.3 is 14.8 Å². The van der Waals surface area contributed by atoms with Crippen LogP contribution in [0, 0.1) is 0 Å². The van der Waals surface area contributed by atoms with Gasteiger partial charge in [-0.05, 0) is 43.0 Å². The van der Waals surface area contributed by atoms with Crippen LogP contribution >= 0.6 is 0 Å². The number of carbonyl (C=O) groups excluding carboxylic acids is 1. The summed E-state index contributed by atoms with van der Waals surface area (Å²) in [5.41, 5.74) is 3.01. The normalized spacial score (nSPS) is 20.9. The number of carbonyl (C=O) groups is 1. The zero-order valence-corrected chi connectivity index (χ0v) is 16.0. The molecular formula is C21H21FN6O. The second-order valence-corrected chi connectivity index (χ2v) is 7.61. The minimum absolute atomic E-state index is 0.00535. The maximum atomic E-state index is 14.3. The van der Waals surface area contributed by atoms with E-state index in [1.165, 1.54) is 0 Å². The summed E-state index contributed by atoms with van der Waals surface area (Å²) >= 11 is 0. The Hall–Kier alpha value is -3.29. The third-order valence-electron chi connectivity index (χ3n) is 5.69. The molecule has 3 aromatic rings. The molecule has 0 bridgehead atoms. The van der Waals surface area contributed by atoms with E-state index in [0.717, 1.165) is 24.1 Å². The van der Waals surface area contributed by atoms with Crippen LogP contribution in [0.4, 0.5) is 15.9 Å². The summed E-state index contributed by atoms with van der Waals surface area (Å²) in [6, 6.07) is 11.0. The van der Waals surface area contributed by atoms with Crippen molar-refractivity contribution in [2.24, 2.45) is 0 Å². The molecule has 0 spiro atoms. The SMILES string of the molecule is CN1Cc2cccc(Nc3cccc(-c4nncn4C4CCCC4F)n3)c2C1=O. The first-order chi connectivity index (χ1) is 14.1. The molecule has 2 aromatic heterocycles. The molecule has 7 nitrogen and oxygen atoms in total. The number of alkyl halides is 1. The van der Waals surface area contributed by atoms with Gasteiger partial charge in [0.05, 0.1) is 17.3 Å². The van der Waals surface area contributed by atoms with Crippen molar-refractivity contribution in [3.63, 3.8) is 0 Å². The average Bonchev–Trinajstić information content (AvgIpc) is 3.42. The maximum Gasteiger partial charge on any atom is 0.256 e. The van der Waals surface area contributed by atoms with Crippen molar-refractivity contribution in [1.29, 1.82) is 0 Å². The van der Waals surface area contributed by atoms with Crippen LogP contribution in [-0.4, -0.2) is 43.8 Å². The number of amides is 1. The first kappa shape index (κ1) is 17.8. The molecule has 1 saturated carbocycles. The number of pyridine rings is 1. The van der Waals surface area contributed by atoms with Crippen LogP contribution in [0.5, 0.6) is 0 Å². The van der Waals surface area contributed by atoms with Gasteiger partial charge in [-0.3, -0.25) is 4.79 Å². The van der Waals surface area contributed by atoms with Crippen LogP contribution < -0.4 is 5.32 Å². The Labute approximate surface area is 167 Å². The number of benzene rings is 1. The lowest BCUT2D eigenvalue weighted by Gasteiger charge is -2.16. The van der Waals surface area contributed by atoms with Crippen molar-refractivity contribution in [3.05, 3.63) is 53.9 Å². The second-order valence-electron chi connectivity index (χ2n) is 7.61. The predicted molar refractivity (Wildman–Crippen MR) is 107 cm³/mol. The summed E-state index contributed by atoms with van der Waals surface area (Å²) in [5, 5.41) is 11.4. The quantitative estimate of drug-likeness (QED) is 0.732. The Bertz CT molecular complexity index is 1080. The molecule has 0 radical (unpaired) electrons. The molecule has 1 N–H and O–H groups in total. The summed E-state index contributed by atoms with van der Waals surface area (Å²) in [7, 11) is 1.79. The van der Waals surface area contributed by atoms with E-state index in [1.54, 1.807) is 22.8 Å². The number of aromatic nitrogens is 4. The summed E-state index contributed by atoms with van der Waals surface area (Å²) in [5.74, 6) is 1.14. The Balaban J connectivity index is 1.47. The van der Waals surface area contributed by atoms with Crippen molar-refractivity contribution >= 4 is 17.4 Å². The van der Waals surface area contributed by atoms with Gasteiger partial charge in [0, 0.05) is 13.6 Å². The van der Waals surface area contributed by atoms with Gasteiger partial charge in [0.1, 0.15) is 24.0 Å². The largest absolute Gasteiger partial charge is 0.340 e. The first-order valence-electron chi connectivity index (χ1n) is 9.77. The number of hydrogen-bond acceptors (Lipinski definition) is 5. The second kappa shape index (κ2) is 6.95. The third-order valence-corrected chi connectivity index (χ3v) is 5.69. The summed E-state index contributed by atoms with van der Waals surface area (Å²) < 4.78 is 16.1. The van der Waals surface area contributed by atoms with Crippen molar-refractivity contribution in [2.75, 3.05) is 12.4 Å². The van der Waals surface area contributed by atoms with Gasteiger partial charge in [-0.1, -0.05) is 18.2 Å². The van der Waals surface area contributed by atoms with Gasteiger partial charge in [0.2, 0.25) is 0 Å². The molecule has 1 fully saturated rings. The highest BCUT2D eigenvalue weighted by Gasteiger charge is 2.31. The highest BCUT2D eigenvalue weighted by Crippen LogP contribution is 2.35. The Morgan fingerprint density at radius 1 is 1.17 bits per heavy atom. The Morgan fingerprint density at radius 3 is 2.86 bits per heavy atom. The molecule has 29 heavy (non-hydrogen) atoms.